The number of benzene rings is 1. The summed E-state index contributed by atoms with van der Waals surface area (Å²) in [6.45, 7) is 3.12. The van der Waals surface area contributed by atoms with Gasteiger partial charge in [-0.25, -0.2) is 4.98 Å². The van der Waals surface area contributed by atoms with Gasteiger partial charge in [-0.15, -0.1) is 0 Å². The number of halogens is 2. The predicted octanol–water partition coefficient (Wildman–Crippen LogP) is 3.03. The Labute approximate surface area is 133 Å². The van der Waals surface area contributed by atoms with Crippen molar-refractivity contribution >= 4 is 44.2 Å². The van der Waals surface area contributed by atoms with Crippen molar-refractivity contribution in [2.75, 3.05) is 11.9 Å². The van der Waals surface area contributed by atoms with Crippen LogP contribution in [0.15, 0.2) is 39.9 Å². The summed E-state index contributed by atoms with van der Waals surface area (Å²) in [5.74, 6) is 0. The molecule has 0 bridgehead atoms. The minimum absolute atomic E-state index is 0.0192. The second kappa shape index (κ2) is 6.51. The van der Waals surface area contributed by atoms with Gasteiger partial charge in [0, 0.05) is 23.2 Å². The number of rotatable bonds is 4. The summed E-state index contributed by atoms with van der Waals surface area (Å²) in [6, 6.07) is 7.93. The SMILES string of the molecule is Cc1ncn(CCNc2ccc(Br)cc2)c(=O)c1I. The summed E-state index contributed by atoms with van der Waals surface area (Å²) in [7, 11) is 0. The zero-order valence-corrected chi connectivity index (χ0v) is 14.1. The molecule has 1 N–H and O–H groups in total. The Morgan fingerprint density at radius 1 is 1.37 bits per heavy atom. The molecule has 100 valence electrons. The molecule has 0 fully saturated rings. The number of aryl methyl sites for hydroxylation is 1. The maximum atomic E-state index is 12.0. The maximum Gasteiger partial charge on any atom is 0.267 e. The lowest BCUT2D eigenvalue weighted by atomic mass is 10.3. The summed E-state index contributed by atoms with van der Waals surface area (Å²) in [5.41, 5.74) is 1.83. The molecule has 2 rings (SSSR count). The number of nitrogens with one attached hydrogen (secondary N) is 1. The highest BCUT2D eigenvalue weighted by Crippen LogP contribution is 2.13. The Hall–Kier alpha value is -0.890. The van der Waals surface area contributed by atoms with Gasteiger partial charge in [-0.3, -0.25) is 9.36 Å². The molecular weight excluding hydrogens is 421 g/mol. The van der Waals surface area contributed by atoms with Crippen LogP contribution in [0.25, 0.3) is 0 Å². The van der Waals surface area contributed by atoms with Gasteiger partial charge in [-0.05, 0) is 53.8 Å². The molecule has 0 saturated carbocycles. The van der Waals surface area contributed by atoms with Crippen LogP contribution in [0, 0.1) is 10.5 Å². The van der Waals surface area contributed by atoms with Gasteiger partial charge in [0.15, 0.2) is 0 Å². The third kappa shape index (κ3) is 3.79. The first-order valence-corrected chi connectivity index (χ1v) is 7.66. The van der Waals surface area contributed by atoms with Crippen LogP contribution < -0.4 is 10.9 Å². The van der Waals surface area contributed by atoms with Crippen LogP contribution in [0.5, 0.6) is 0 Å². The molecule has 0 aliphatic carbocycles. The minimum atomic E-state index is 0.0192. The van der Waals surface area contributed by atoms with E-state index in [1.54, 1.807) is 10.9 Å². The molecule has 1 heterocycles. The van der Waals surface area contributed by atoms with Gasteiger partial charge in [-0.1, -0.05) is 15.9 Å². The van der Waals surface area contributed by atoms with Crippen LogP contribution in [-0.2, 0) is 6.54 Å². The molecule has 0 atom stereocenters. The fourth-order valence-electron chi connectivity index (χ4n) is 1.59. The topological polar surface area (TPSA) is 46.9 Å². The summed E-state index contributed by atoms with van der Waals surface area (Å²) < 4.78 is 3.36. The number of aromatic nitrogens is 2. The minimum Gasteiger partial charge on any atom is -0.383 e. The Morgan fingerprint density at radius 3 is 2.74 bits per heavy atom. The van der Waals surface area contributed by atoms with Crippen molar-refractivity contribution in [1.29, 1.82) is 0 Å². The van der Waals surface area contributed by atoms with E-state index in [-0.39, 0.29) is 5.56 Å². The Kier molecular flexibility index (Phi) is 4.98. The maximum absolute atomic E-state index is 12.0. The number of hydrogen-bond acceptors (Lipinski definition) is 3. The summed E-state index contributed by atoms with van der Waals surface area (Å²) in [4.78, 5) is 16.2. The second-order valence-corrected chi connectivity index (χ2v) is 6.07. The lowest BCUT2D eigenvalue weighted by Crippen LogP contribution is -2.26. The van der Waals surface area contributed by atoms with Gasteiger partial charge < -0.3 is 5.32 Å². The molecule has 4 nitrogen and oxygen atoms in total. The van der Waals surface area contributed by atoms with E-state index in [1.807, 2.05) is 53.8 Å². The summed E-state index contributed by atoms with van der Waals surface area (Å²) in [5, 5.41) is 3.27. The molecule has 1 aromatic carbocycles. The fourth-order valence-corrected chi connectivity index (χ4v) is 2.31. The quantitative estimate of drug-likeness (QED) is 0.754. The molecule has 19 heavy (non-hydrogen) atoms. The monoisotopic (exact) mass is 433 g/mol. The molecule has 0 aliphatic heterocycles. The number of nitrogens with zero attached hydrogens (tertiary/aromatic N) is 2. The zero-order valence-electron chi connectivity index (χ0n) is 10.4. The lowest BCUT2D eigenvalue weighted by molar-refractivity contribution is 0.671. The third-order valence-corrected chi connectivity index (χ3v) is 4.45. The van der Waals surface area contributed by atoms with Crippen LogP contribution in [0.4, 0.5) is 5.69 Å². The highest BCUT2D eigenvalue weighted by molar-refractivity contribution is 14.1. The van der Waals surface area contributed by atoms with E-state index in [9.17, 15) is 4.79 Å². The number of anilines is 1. The van der Waals surface area contributed by atoms with Crippen molar-refractivity contribution in [1.82, 2.24) is 9.55 Å². The normalized spacial score (nSPS) is 10.5. The average Bonchev–Trinajstić information content (AvgIpc) is 2.41. The van der Waals surface area contributed by atoms with Crippen molar-refractivity contribution in [3.05, 3.63) is 54.7 Å². The van der Waals surface area contributed by atoms with Gasteiger partial charge in [-0.2, -0.15) is 0 Å². The molecule has 2 aromatic rings. The predicted molar refractivity (Wildman–Crippen MR) is 88.6 cm³/mol. The Balaban J connectivity index is 1.98. The van der Waals surface area contributed by atoms with E-state index in [0.29, 0.717) is 16.7 Å². The van der Waals surface area contributed by atoms with E-state index >= 15 is 0 Å². The first-order chi connectivity index (χ1) is 9.08. The van der Waals surface area contributed by atoms with Gasteiger partial charge in [0.2, 0.25) is 0 Å². The third-order valence-electron chi connectivity index (χ3n) is 2.68. The summed E-state index contributed by atoms with van der Waals surface area (Å²) >= 11 is 5.43. The molecular formula is C13H13BrIN3O. The molecule has 0 saturated heterocycles. The zero-order chi connectivity index (χ0) is 13.8. The van der Waals surface area contributed by atoms with Crippen molar-refractivity contribution in [3.63, 3.8) is 0 Å². The van der Waals surface area contributed by atoms with Crippen LogP contribution >= 0.6 is 38.5 Å². The second-order valence-electron chi connectivity index (χ2n) is 4.08. The molecule has 0 amide bonds. The van der Waals surface area contributed by atoms with Gasteiger partial charge >= 0.3 is 0 Å². The van der Waals surface area contributed by atoms with Gasteiger partial charge in [0.1, 0.15) is 0 Å². The standard InChI is InChI=1S/C13H13BrIN3O/c1-9-12(15)13(19)18(8-17-9)7-6-16-11-4-2-10(14)3-5-11/h2-5,8,16H,6-7H2,1H3. The molecule has 1 aromatic heterocycles. The van der Waals surface area contributed by atoms with E-state index < -0.39 is 0 Å². The molecule has 0 radical (unpaired) electrons. The summed E-state index contributed by atoms with van der Waals surface area (Å²) in [6.07, 6.45) is 1.60. The highest BCUT2D eigenvalue weighted by Gasteiger charge is 2.04. The van der Waals surface area contributed by atoms with Crippen molar-refractivity contribution in [3.8, 4) is 0 Å². The van der Waals surface area contributed by atoms with Crippen LogP contribution in [-0.4, -0.2) is 16.1 Å². The molecule has 0 unspecified atom stereocenters. The Morgan fingerprint density at radius 2 is 2.05 bits per heavy atom. The van der Waals surface area contributed by atoms with Crippen molar-refractivity contribution in [2.24, 2.45) is 0 Å². The van der Waals surface area contributed by atoms with E-state index in [4.69, 9.17) is 0 Å². The molecule has 6 heteroatoms. The first-order valence-electron chi connectivity index (χ1n) is 5.79. The fraction of sp³-hybridized carbons (Fsp3) is 0.231. The van der Waals surface area contributed by atoms with Crippen molar-refractivity contribution in [2.45, 2.75) is 13.5 Å². The molecule has 0 spiro atoms. The van der Waals surface area contributed by atoms with E-state index in [2.05, 4.69) is 26.2 Å². The number of hydrogen-bond donors (Lipinski definition) is 1. The van der Waals surface area contributed by atoms with E-state index in [0.717, 1.165) is 15.9 Å². The smallest absolute Gasteiger partial charge is 0.267 e. The van der Waals surface area contributed by atoms with E-state index in [1.165, 1.54) is 0 Å². The van der Waals surface area contributed by atoms with Crippen LogP contribution in [0.1, 0.15) is 5.69 Å². The first kappa shape index (κ1) is 14.5. The van der Waals surface area contributed by atoms with Gasteiger partial charge in [0.25, 0.3) is 5.56 Å². The largest absolute Gasteiger partial charge is 0.383 e. The van der Waals surface area contributed by atoms with Crippen molar-refractivity contribution < 1.29 is 0 Å². The Bertz CT molecular complexity index is 625. The molecule has 0 aliphatic rings. The van der Waals surface area contributed by atoms with Crippen LogP contribution in [0.2, 0.25) is 0 Å². The average molecular weight is 434 g/mol. The van der Waals surface area contributed by atoms with Crippen LogP contribution in [0.3, 0.4) is 0 Å². The highest BCUT2D eigenvalue weighted by atomic mass is 127. The lowest BCUT2D eigenvalue weighted by Gasteiger charge is -2.09. The van der Waals surface area contributed by atoms with Gasteiger partial charge in [0.05, 0.1) is 15.6 Å².